The standard InChI is InChI=1S/C18H14Br2O3/c1-23-18-10-12(3-9-17(18)22)2-6-15(21)7-4-13-11-14(19)5-8-16(13)20/h2-11,22H,1H3/b6-2+,7-4+. The van der Waals surface area contributed by atoms with Crippen LogP contribution in [-0.2, 0) is 4.79 Å². The van der Waals surface area contributed by atoms with Crippen LogP contribution in [0, 0.1) is 0 Å². The van der Waals surface area contributed by atoms with Gasteiger partial charge in [0.15, 0.2) is 17.3 Å². The summed E-state index contributed by atoms with van der Waals surface area (Å²) in [6.45, 7) is 0. The van der Waals surface area contributed by atoms with Crippen LogP contribution in [0.2, 0.25) is 0 Å². The van der Waals surface area contributed by atoms with Gasteiger partial charge >= 0.3 is 0 Å². The first-order chi connectivity index (χ1) is 11.0. The summed E-state index contributed by atoms with van der Waals surface area (Å²) in [5.74, 6) is 0.299. The van der Waals surface area contributed by atoms with Crippen molar-refractivity contribution in [3.05, 3.63) is 68.6 Å². The SMILES string of the molecule is COc1cc(/C=C/C(=O)/C=C/c2cc(Br)ccc2Br)ccc1O. The molecule has 0 heterocycles. The fourth-order valence-corrected chi connectivity index (χ4v) is 2.60. The van der Waals surface area contributed by atoms with Crippen molar-refractivity contribution in [1.82, 2.24) is 0 Å². The quantitative estimate of drug-likeness (QED) is 0.652. The number of rotatable bonds is 5. The Hall–Kier alpha value is -1.85. The van der Waals surface area contributed by atoms with Crippen molar-refractivity contribution < 1.29 is 14.6 Å². The molecule has 0 aromatic heterocycles. The number of hydrogen-bond donors (Lipinski definition) is 1. The minimum absolute atomic E-state index is 0.0652. The lowest BCUT2D eigenvalue weighted by Gasteiger charge is -2.03. The molecule has 2 aromatic carbocycles. The van der Waals surface area contributed by atoms with Crippen molar-refractivity contribution >= 4 is 49.8 Å². The molecule has 0 aliphatic rings. The first-order valence-corrected chi connectivity index (χ1v) is 8.30. The summed E-state index contributed by atoms with van der Waals surface area (Å²) in [7, 11) is 1.48. The third-order valence-electron chi connectivity index (χ3n) is 3.03. The highest BCUT2D eigenvalue weighted by atomic mass is 79.9. The highest BCUT2D eigenvalue weighted by Gasteiger charge is 2.01. The number of carbonyl (C=O) groups excluding carboxylic acids is 1. The summed E-state index contributed by atoms with van der Waals surface area (Å²) in [5, 5.41) is 9.54. The molecule has 0 aliphatic carbocycles. The number of phenols is 1. The number of allylic oxidation sites excluding steroid dienone is 2. The molecule has 23 heavy (non-hydrogen) atoms. The molecule has 2 rings (SSSR count). The Morgan fingerprint density at radius 3 is 2.57 bits per heavy atom. The molecule has 3 nitrogen and oxygen atoms in total. The van der Waals surface area contributed by atoms with Gasteiger partial charge in [0.2, 0.25) is 0 Å². The van der Waals surface area contributed by atoms with E-state index in [0.29, 0.717) is 5.75 Å². The number of phenolic OH excluding ortho intramolecular Hbond substituents is 1. The largest absolute Gasteiger partial charge is 0.504 e. The third kappa shape index (κ3) is 5.08. The smallest absolute Gasteiger partial charge is 0.178 e. The monoisotopic (exact) mass is 436 g/mol. The van der Waals surface area contributed by atoms with E-state index in [4.69, 9.17) is 4.74 Å². The van der Waals surface area contributed by atoms with E-state index < -0.39 is 0 Å². The molecule has 0 fully saturated rings. The highest BCUT2D eigenvalue weighted by Crippen LogP contribution is 2.26. The summed E-state index contributed by atoms with van der Waals surface area (Å²) in [4.78, 5) is 11.9. The molecule has 0 atom stereocenters. The van der Waals surface area contributed by atoms with Gasteiger partial charge in [0.1, 0.15) is 0 Å². The predicted molar refractivity (Wildman–Crippen MR) is 99.6 cm³/mol. The van der Waals surface area contributed by atoms with Crippen molar-refractivity contribution in [2.75, 3.05) is 7.11 Å². The number of benzene rings is 2. The Morgan fingerprint density at radius 2 is 1.83 bits per heavy atom. The van der Waals surface area contributed by atoms with E-state index in [1.165, 1.54) is 25.3 Å². The fraction of sp³-hybridized carbons (Fsp3) is 0.0556. The molecular formula is C18H14Br2O3. The van der Waals surface area contributed by atoms with E-state index in [2.05, 4.69) is 31.9 Å². The van der Waals surface area contributed by atoms with E-state index in [9.17, 15) is 9.90 Å². The van der Waals surface area contributed by atoms with E-state index in [-0.39, 0.29) is 11.5 Å². The topological polar surface area (TPSA) is 46.5 Å². The van der Waals surface area contributed by atoms with Crippen LogP contribution in [0.5, 0.6) is 11.5 Å². The maximum atomic E-state index is 11.9. The zero-order valence-electron chi connectivity index (χ0n) is 12.3. The molecule has 0 bridgehead atoms. The second-order valence-electron chi connectivity index (χ2n) is 4.67. The first-order valence-electron chi connectivity index (χ1n) is 6.72. The lowest BCUT2D eigenvalue weighted by atomic mass is 10.1. The Bertz CT molecular complexity index is 780. The molecule has 0 amide bonds. The lowest BCUT2D eigenvalue weighted by molar-refractivity contribution is -0.110. The molecule has 5 heteroatoms. The maximum absolute atomic E-state index is 11.9. The van der Waals surface area contributed by atoms with E-state index in [0.717, 1.165) is 20.1 Å². The number of aromatic hydroxyl groups is 1. The number of carbonyl (C=O) groups is 1. The van der Waals surface area contributed by atoms with Crippen molar-refractivity contribution in [2.45, 2.75) is 0 Å². The van der Waals surface area contributed by atoms with Gasteiger partial charge in [0.25, 0.3) is 0 Å². The van der Waals surface area contributed by atoms with Gasteiger partial charge in [-0.1, -0.05) is 44.0 Å². The fourth-order valence-electron chi connectivity index (χ4n) is 1.85. The Balaban J connectivity index is 2.09. The molecule has 0 saturated carbocycles. The van der Waals surface area contributed by atoms with Gasteiger partial charge in [-0.25, -0.2) is 0 Å². The normalized spacial score (nSPS) is 11.3. The zero-order chi connectivity index (χ0) is 16.8. The molecule has 2 aromatic rings. The van der Waals surface area contributed by atoms with Crippen LogP contribution >= 0.6 is 31.9 Å². The predicted octanol–water partition coefficient (Wildman–Crippen LogP) is 5.22. The van der Waals surface area contributed by atoms with Crippen LogP contribution in [0.25, 0.3) is 12.2 Å². The van der Waals surface area contributed by atoms with Crippen LogP contribution in [0.15, 0.2) is 57.5 Å². The average Bonchev–Trinajstić information content (AvgIpc) is 2.54. The summed E-state index contributed by atoms with van der Waals surface area (Å²) in [6, 6.07) is 10.6. The van der Waals surface area contributed by atoms with Gasteiger partial charge in [0, 0.05) is 8.95 Å². The number of methoxy groups -OCH3 is 1. The summed E-state index contributed by atoms with van der Waals surface area (Å²) < 4.78 is 6.89. The van der Waals surface area contributed by atoms with Crippen molar-refractivity contribution in [2.24, 2.45) is 0 Å². The van der Waals surface area contributed by atoms with Crippen LogP contribution in [-0.4, -0.2) is 18.0 Å². The van der Waals surface area contributed by atoms with E-state index >= 15 is 0 Å². The minimum Gasteiger partial charge on any atom is -0.504 e. The highest BCUT2D eigenvalue weighted by molar-refractivity contribution is 9.11. The molecule has 118 valence electrons. The summed E-state index contributed by atoms with van der Waals surface area (Å²) in [6.07, 6.45) is 6.39. The number of ketones is 1. The Morgan fingerprint density at radius 1 is 1.09 bits per heavy atom. The number of ether oxygens (including phenoxy) is 1. The van der Waals surface area contributed by atoms with E-state index in [1.54, 1.807) is 24.3 Å². The first kappa shape index (κ1) is 17.5. The second-order valence-corrected chi connectivity index (χ2v) is 6.44. The van der Waals surface area contributed by atoms with Crippen molar-refractivity contribution in [1.29, 1.82) is 0 Å². The van der Waals surface area contributed by atoms with Gasteiger partial charge in [0.05, 0.1) is 7.11 Å². The molecule has 0 radical (unpaired) electrons. The molecular weight excluding hydrogens is 424 g/mol. The lowest BCUT2D eigenvalue weighted by Crippen LogP contribution is -1.87. The zero-order valence-corrected chi connectivity index (χ0v) is 15.5. The van der Waals surface area contributed by atoms with Crippen LogP contribution < -0.4 is 4.74 Å². The van der Waals surface area contributed by atoms with Gasteiger partial charge in [-0.3, -0.25) is 4.79 Å². The number of halogens is 2. The maximum Gasteiger partial charge on any atom is 0.178 e. The van der Waals surface area contributed by atoms with Gasteiger partial charge < -0.3 is 9.84 Å². The van der Waals surface area contributed by atoms with Gasteiger partial charge in [-0.15, -0.1) is 0 Å². The third-order valence-corrected chi connectivity index (χ3v) is 4.24. The second kappa shape index (κ2) is 8.13. The molecule has 0 unspecified atom stereocenters. The van der Waals surface area contributed by atoms with Crippen LogP contribution in [0.1, 0.15) is 11.1 Å². The van der Waals surface area contributed by atoms with Gasteiger partial charge in [-0.2, -0.15) is 0 Å². The Labute approximate surface area is 151 Å². The summed E-state index contributed by atoms with van der Waals surface area (Å²) >= 11 is 6.84. The minimum atomic E-state index is -0.135. The van der Waals surface area contributed by atoms with E-state index in [1.807, 2.05) is 18.2 Å². The summed E-state index contributed by atoms with van der Waals surface area (Å²) in [5.41, 5.74) is 1.68. The Kier molecular flexibility index (Phi) is 6.19. The van der Waals surface area contributed by atoms with Crippen molar-refractivity contribution in [3.8, 4) is 11.5 Å². The number of hydrogen-bond acceptors (Lipinski definition) is 3. The van der Waals surface area contributed by atoms with Crippen LogP contribution in [0.3, 0.4) is 0 Å². The van der Waals surface area contributed by atoms with Gasteiger partial charge in [-0.05, 0) is 59.7 Å². The molecule has 0 aliphatic heterocycles. The molecule has 0 spiro atoms. The molecule has 0 saturated heterocycles. The average molecular weight is 438 g/mol. The van der Waals surface area contributed by atoms with Crippen molar-refractivity contribution in [3.63, 3.8) is 0 Å². The van der Waals surface area contributed by atoms with Crippen LogP contribution in [0.4, 0.5) is 0 Å². The molecule has 1 N–H and O–H groups in total.